The van der Waals surface area contributed by atoms with Crippen molar-refractivity contribution in [3.8, 4) is 0 Å². The molecule has 1 unspecified atom stereocenters. The Hall–Kier alpha value is -0.460. The molecule has 0 aromatic heterocycles. The van der Waals surface area contributed by atoms with Gasteiger partial charge in [-0.3, -0.25) is 4.79 Å². The molecule has 1 saturated heterocycles. The number of hydrogen-bond donors (Lipinski definition) is 0. The summed E-state index contributed by atoms with van der Waals surface area (Å²) in [6.07, 6.45) is 4.67. The highest BCUT2D eigenvalue weighted by Crippen LogP contribution is 2.28. The minimum atomic E-state index is -3.16. The monoisotopic (exact) mass is 305 g/mol. The van der Waals surface area contributed by atoms with Gasteiger partial charge < -0.3 is 4.74 Å². The summed E-state index contributed by atoms with van der Waals surface area (Å²) in [4.78, 5) is 12.5. The van der Waals surface area contributed by atoms with Gasteiger partial charge in [-0.05, 0) is 31.6 Å². The molecule has 1 aliphatic heterocycles. The quantitative estimate of drug-likeness (QED) is 0.720. The SMILES string of the molecule is CCC(CC)(OC)C(=O)CC1CCCN(S(C)(=O)=O)C1. The van der Waals surface area contributed by atoms with Crippen LogP contribution in [0.5, 0.6) is 0 Å². The Bertz CT molecular complexity index is 420. The van der Waals surface area contributed by atoms with Gasteiger partial charge in [0.05, 0.1) is 6.26 Å². The molecule has 0 amide bonds. The Morgan fingerprint density at radius 1 is 1.35 bits per heavy atom. The summed E-state index contributed by atoms with van der Waals surface area (Å²) in [7, 11) is -1.58. The Balaban J connectivity index is 2.71. The highest BCUT2D eigenvalue weighted by Gasteiger charge is 2.37. The normalized spacial score (nSPS) is 21.9. The van der Waals surface area contributed by atoms with Crippen molar-refractivity contribution in [2.24, 2.45) is 5.92 Å². The molecule has 0 radical (unpaired) electrons. The molecular formula is C14H27NO4S. The molecule has 0 N–H and O–H groups in total. The summed E-state index contributed by atoms with van der Waals surface area (Å²) in [6.45, 7) is 4.93. The molecule has 5 nitrogen and oxygen atoms in total. The van der Waals surface area contributed by atoms with Gasteiger partial charge in [-0.1, -0.05) is 13.8 Å². The molecule has 1 aliphatic rings. The van der Waals surface area contributed by atoms with E-state index in [0.717, 1.165) is 12.8 Å². The van der Waals surface area contributed by atoms with Gasteiger partial charge in [0.25, 0.3) is 0 Å². The Morgan fingerprint density at radius 2 is 1.95 bits per heavy atom. The molecule has 118 valence electrons. The van der Waals surface area contributed by atoms with Gasteiger partial charge in [0.2, 0.25) is 10.0 Å². The number of nitrogens with zero attached hydrogens (tertiary/aromatic N) is 1. The van der Waals surface area contributed by atoms with Gasteiger partial charge in [-0.15, -0.1) is 0 Å². The fourth-order valence-electron chi connectivity index (χ4n) is 2.99. The molecule has 1 heterocycles. The van der Waals surface area contributed by atoms with Crippen LogP contribution >= 0.6 is 0 Å². The predicted octanol–water partition coefficient (Wildman–Crippen LogP) is 1.82. The molecule has 0 aliphatic carbocycles. The number of sulfonamides is 1. The van der Waals surface area contributed by atoms with Crippen molar-refractivity contribution >= 4 is 15.8 Å². The maximum Gasteiger partial charge on any atom is 0.211 e. The van der Waals surface area contributed by atoms with E-state index in [0.29, 0.717) is 32.4 Å². The Labute approximate surface area is 122 Å². The lowest BCUT2D eigenvalue weighted by Gasteiger charge is -2.34. The van der Waals surface area contributed by atoms with Crippen molar-refractivity contribution < 1.29 is 17.9 Å². The fourth-order valence-corrected chi connectivity index (χ4v) is 3.93. The van der Waals surface area contributed by atoms with Crippen LogP contribution in [0.25, 0.3) is 0 Å². The largest absolute Gasteiger partial charge is 0.370 e. The molecular weight excluding hydrogens is 278 g/mol. The number of rotatable bonds is 7. The number of methoxy groups -OCH3 is 1. The third-order valence-electron chi connectivity index (χ3n) is 4.47. The molecule has 0 bridgehead atoms. The van der Waals surface area contributed by atoms with E-state index < -0.39 is 15.6 Å². The summed E-state index contributed by atoms with van der Waals surface area (Å²) < 4.78 is 30.1. The molecule has 20 heavy (non-hydrogen) atoms. The molecule has 0 saturated carbocycles. The van der Waals surface area contributed by atoms with Crippen LogP contribution in [-0.4, -0.2) is 50.6 Å². The average molecular weight is 305 g/mol. The van der Waals surface area contributed by atoms with Crippen LogP contribution in [0, 0.1) is 5.92 Å². The summed E-state index contributed by atoms with van der Waals surface area (Å²) >= 11 is 0. The number of carbonyl (C=O) groups excluding carboxylic acids is 1. The average Bonchev–Trinajstić information content (AvgIpc) is 2.41. The minimum Gasteiger partial charge on any atom is -0.370 e. The number of ether oxygens (including phenoxy) is 1. The number of Topliss-reactive ketones (excluding diaryl/α,β-unsaturated/α-hetero) is 1. The number of piperidine rings is 1. The van der Waals surface area contributed by atoms with E-state index in [1.165, 1.54) is 10.6 Å². The lowest BCUT2D eigenvalue weighted by molar-refractivity contribution is -0.143. The van der Waals surface area contributed by atoms with Gasteiger partial charge >= 0.3 is 0 Å². The lowest BCUT2D eigenvalue weighted by atomic mass is 9.84. The Kier molecular flexibility index (Phi) is 6.16. The van der Waals surface area contributed by atoms with E-state index in [-0.39, 0.29) is 11.7 Å². The van der Waals surface area contributed by atoms with E-state index in [4.69, 9.17) is 4.74 Å². The van der Waals surface area contributed by atoms with Gasteiger partial charge in [0, 0.05) is 26.6 Å². The second-order valence-corrected chi connectivity index (χ2v) is 7.64. The fraction of sp³-hybridized carbons (Fsp3) is 0.929. The minimum absolute atomic E-state index is 0.102. The van der Waals surface area contributed by atoms with E-state index in [9.17, 15) is 13.2 Å². The third kappa shape index (κ3) is 4.02. The van der Waals surface area contributed by atoms with Crippen LogP contribution in [0.2, 0.25) is 0 Å². The van der Waals surface area contributed by atoms with Crippen molar-refractivity contribution in [1.82, 2.24) is 4.31 Å². The molecule has 1 atom stereocenters. The highest BCUT2D eigenvalue weighted by molar-refractivity contribution is 7.88. The van der Waals surface area contributed by atoms with Crippen LogP contribution in [0.1, 0.15) is 46.0 Å². The molecule has 0 aromatic rings. The van der Waals surface area contributed by atoms with Crippen LogP contribution in [0.3, 0.4) is 0 Å². The first-order chi connectivity index (χ1) is 9.29. The van der Waals surface area contributed by atoms with Crippen molar-refractivity contribution in [1.29, 1.82) is 0 Å². The van der Waals surface area contributed by atoms with Gasteiger partial charge in [0.1, 0.15) is 5.60 Å². The molecule has 1 fully saturated rings. The second-order valence-electron chi connectivity index (χ2n) is 5.66. The molecule has 0 aromatic carbocycles. The zero-order valence-corrected chi connectivity index (χ0v) is 13.8. The summed E-state index contributed by atoms with van der Waals surface area (Å²) in [6, 6.07) is 0. The smallest absolute Gasteiger partial charge is 0.211 e. The predicted molar refractivity (Wildman–Crippen MR) is 79.1 cm³/mol. The molecule has 6 heteroatoms. The first-order valence-corrected chi connectivity index (χ1v) is 9.17. The van der Waals surface area contributed by atoms with E-state index in [1.54, 1.807) is 7.11 Å². The van der Waals surface area contributed by atoms with Gasteiger partial charge in [-0.25, -0.2) is 12.7 Å². The standard InChI is InChI=1S/C14H27NO4S/c1-5-14(6-2,19-3)13(16)10-12-8-7-9-15(11-12)20(4,17)18/h12H,5-11H2,1-4H3. The van der Waals surface area contributed by atoms with Crippen molar-refractivity contribution in [3.05, 3.63) is 0 Å². The van der Waals surface area contributed by atoms with Crippen LogP contribution in [-0.2, 0) is 19.6 Å². The van der Waals surface area contributed by atoms with E-state index in [2.05, 4.69) is 0 Å². The maximum atomic E-state index is 12.5. The molecule has 1 rings (SSSR count). The highest BCUT2D eigenvalue weighted by atomic mass is 32.2. The lowest BCUT2D eigenvalue weighted by Crippen LogP contribution is -2.44. The van der Waals surface area contributed by atoms with E-state index >= 15 is 0 Å². The van der Waals surface area contributed by atoms with Gasteiger partial charge in [0.15, 0.2) is 5.78 Å². The third-order valence-corrected chi connectivity index (χ3v) is 5.74. The van der Waals surface area contributed by atoms with Crippen LogP contribution < -0.4 is 0 Å². The van der Waals surface area contributed by atoms with E-state index in [1.807, 2.05) is 13.8 Å². The second kappa shape index (κ2) is 7.00. The maximum absolute atomic E-state index is 12.5. The Morgan fingerprint density at radius 3 is 2.40 bits per heavy atom. The first-order valence-electron chi connectivity index (χ1n) is 7.32. The summed E-state index contributed by atoms with van der Waals surface area (Å²) in [5.74, 6) is 0.212. The van der Waals surface area contributed by atoms with Crippen molar-refractivity contribution in [3.63, 3.8) is 0 Å². The number of hydrogen-bond acceptors (Lipinski definition) is 4. The van der Waals surface area contributed by atoms with Crippen LogP contribution in [0.15, 0.2) is 0 Å². The first kappa shape index (κ1) is 17.6. The number of carbonyl (C=O) groups is 1. The number of ketones is 1. The zero-order valence-electron chi connectivity index (χ0n) is 13.0. The van der Waals surface area contributed by atoms with Gasteiger partial charge in [-0.2, -0.15) is 0 Å². The van der Waals surface area contributed by atoms with Crippen LogP contribution in [0.4, 0.5) is 0 Å². The van der Waals surface area contributed by atoms with Crippen molar-refractivity contribution in [2.45, 2.75) is 51.6 Å². The van der Waals surface area contributed by atoms with Crippen molar-refractivity contribution in [2.75, 3.05) is 26.5 Å². The molecule has 0 spiro atoms. The summed E-state index contributed by atoms with van der Waals surface area (Å²) in [5, 5.41) is 0. The topological polar surface area (TPSA) is 63.7 Å². The summed E-state index contributed by atoms with van der Waals surface area (Å²) in [5.41, 5.74) is -0.701. The zero-order chi connectivity index (χ0) is 15.4.